The number of rotatable bonds is 2. The van der Waals surface area contributed by atoms with Crippen molar-refractivity contribution in [3.8, 4) is 5.75 Å². The van der Waals surface area contributed by atoms with Gasteiger partial charge in [0.1, 0.15) is 6.10 Å². The minimum atomic E-state index is 0.103. The third kappa shape index (κ3) is 2.06. The molecule has 0 bridgehead atoms. The van der Waals surface area contributed by atoms with E-state index in [1.807, 2.05) is 6.07 Å². The number of benzene rings is 1. The van der Waals surface area contributed by atoms with Gasteiger partial charge in [-0.2, -0.15) is 0 Å². The fraction of sp³-hybridized carbons (Fsp3) is 0.350. The van der Waals surface area contributed by atoms with E-state index in [1.54, 1.807) is 0 Å². The first-order valence-electron chi connectivity index (χ1n) is 8.61. The molecule has 2 atom stereocenters. The molecule has 1 aromatic carbocycles. The molecular weight excluding hydrogens is 298 g/mol. The van der Waals surface area contributed by atoms with Crippen LogP contribution >= 0.6 is 0 Å². The topological polar surface area (TPSA) is 40.6 Å². The number of nitrogens with zero attached hydrogens (tertiary/aromatic N) is 3. The maximum atomic E-state index is 6.49. The van der Waals surface area contributed by atoms with E-state index in [2.05, 4.69) is 54.0 Å². The van der Waals surface area contributed by atoms with Crippen LogP contribution in [0.1, 0.15) is 46.6 Å². The summed E-state index contributed by atoms with van der Waals surface area (Å²) in [4.78, 5) is 4.78. The van der Waals surface area contributed by atoms with Crippen LogP contribution in [0.25, 0.3) is 5.65 Å². The molecule has 3 aromatic rings. The molecule has 0 aliphatic carbocycles. The second kappa shape index (κ2) is 5.08. The van der Waals surface area contributed by atoms with Crippen LogP contribution in [0.15, 0.2) is 36.5 Å². The lowest BCUT2D eigenvalue weighted by molar-refractivity contribution is 0.177. The van der Waals surface area contributed by atoms with Gasteiger partial charge < -0.3 is 9.14 Å². The van der Waals surface area contributed by atoms with E-state index in [1.165, 1.54) is 22.4 Å². The van der Waals surface area contributed by atoms with Gasteiger partial charge in [0.2, 0.25) is 0 Å². The molecule has 1 radical (unpaired) electrons. The Hall–Kier alpha value is -2.33. The number of aromatic nitrogens is 2. The molecule has 2 aliphatic heterocycles. The smallest absolute Gasteiger partial charge is 0.180 e. The number of aryl methyl sites for hydroxylation is 2. The van der Waals surface area contributed by atoms with Gasteiger partial charge in [0, 0.05) is 24.0 Å². The van der Waals surface area contributed by atoms with Crippen LogP contribution in [-0.4, -0.2) is 15.9 Å². The molecule has 1 saturated heterocycles. The molecule has 121 valence electrons. The van der Waals surface area contributed by atoms with Gasteiger partial charge in [-0.1, -0.05) is 30.3 Å². The zero-order valence-electron chi connectivity index (χ0n) is 14.0. The summed E-state index contributed by atoms with van der Waals surface area (Å²) in [5.41, 5.74) is 7.07. The lowest BCUT2D eigenvalue weighted by atomic mass is 9.94. The second-order valence-electron chi connectivity index (χ2n) is 6.81. The Morgan fingerprint density at radius 3 is 2.71 bits per heavy atom. The average Bonchev–Trinajstić information content (AvgIpc) is 3.42. The summed E-state index contributed by atoms with van der Waals surface area (Å²) in [6.45, 7) is 5.12. The van der Waals surface area contributed by atoms with Crippen LogP contribution in [0.4, 0.5) is 0 Å². The van der Waals surface area contributed by atoms with Crippen molar-refractivity contribution in [2.24, 2.45) is 0 Å². The Balaban J connectivity index is 1.68. The maximum absolute atomic E-state index is 6.49. The summed E-state index contributed by atoms with van der Waals surface area (Å²) in [6.07, 6.45) is 4.37. The quantitative estimate of drug-likeness (QED) is 0.676. The average molecular weight is 318 g/mol. The predicted molar refractivity (Wildman–Crippen MR) is 92.5 cm³/mol. The fourth-order valence-corrected chi connectivity index (χ4v) is 3.73. The zero-order chi connectivity index (χ0) is 16.3. The molecular formula is C20H20N3O. The van der Waals surface area contributed by atoms with E-state index in [4.69, 9.17) is 9.72 Å². The Bertz CT molecular complexity index is 925. The van der Waals surface area contributed by atoms with Gasteiger partial charge in [0.25, 0.3) is 0 Å². The molecule has 4 nitrogen and oxygen atoms in total. The number of hydrogen-bond donors (Lipinski definition) is 0. The molecule has 5 rings (SSSR count). The summed E-state index contributed by atoms with van der Waals surface area (Å²) >= 11 is 0. The molecule has 2 unspecified atom stereocenters. The first-order valence-corrected chi connectivity index (χ1v) is 8.61. The van der Waals surface area contributed by atoms with Crippen molar-refractivity contribution >= 4 is 5.65 Å². The van der Waals surface area contributed by atoms with E-state index < -0.39 is 0 Å². The summed E-state index contributed by atoms with van der Waals surface area (Å²) in [5, 5.41) is 4.51. The third-order valence-electron chi connectivity index (χ3n) is 5.29. The number of hydrogen-bond acceptors (Lipinski definition) is 2. The van der Waals surface area contributed by atoms with Crippen molar-refractivity contribution in [2.45, 2.75) is 38.8 Å². The van der Waals surface area contributed by atoms with E-state index in [9.17, 15) is 0 Å². The number of imidazole rings is 1. The van der Waals surface area contributed by atoms with Crippen molar-refractivity contribution in [2.75, 3.05) is 6.54 Å². The highest BCUT2D eigenvalue weighted by Gasteiger charge is 2.34. The van der Waals surface area contributed by atoms with Crippen LogP contribution < -0.4 is 10.1 Å². The van der Waals surface area contributed by atoms with Crippen LogP contribution in [0.3, 0.4) is 0 Å². The Labute approximate surface area is 141 Å². The molecule has 24 heavy (non-hydrogen) atoms. The molecule has 0 saturated carbocycles. The van der Waals surface area contributed by atoms with Gasteiger partial charge in [0.15, 0.2) is 11.4 Å². The highest BCUT2D eigenvalue weighted by molar-refractivity contribution is 5.64. The minimum Gasteiger partial charge on any atom is -0.482 e. The van der Waals surface area contributed by atoms with E-state index in [-0.39, 0.29) is 6.10 Å². The molecule has 1 fully saturated rings. The molecule has 2 aromatic heterocycles. The first-order chi connectivity index (χ1) is 11.7. The summed E-state index contributed by atoms with van der Waals surface area (Å²) in [5.74, 6) is 0.964. The summed E-state index contributed by atoms with van der Waals surface area (Å²) in [7, 11) is 0. The van der Waals surface area contributed by atoms with Gasteiger partial charge in [0.05, 0.1) is 11.7 Å². The van der Waals surface area contributed by atoms with Crippen LogP contribution in [-0.2, 0) is 6.42 Å². The van der Waals surface area contributed by atoms with E-state index in [0.717, 1.165) is 36.5 Å². The summed E-state index contributed by atoms with van der Waals surface area (Å²) < 4.78 is 8.68. The van der Waals surface area contributed by atoms with Gasteiger partial charge in [-0.3, -0.25) is 0 Å². The largest absolute Gasteiger partial charge is 0.482 e. The van der Waals surface area contributed by atoms with E-state index >= 15 is 0 Å². The predicted octanol–water partition coefficient (Wildman–Crippen LogP) is 3.68. The summed E-state index contributed by atoms with van der Waals surface area (Å²) in [6, 6.07) is 10.8. The third-order valence-corrected chi connectivity index (χ3v) is 5.29. The number of pyridine rings is 1. The molecule has 2 aliphatic rings. The van der Waals surface area contributed by atoms with Gasteiger partial charge in [-0.05, 0) is 37.8 Å². The fourth-order valence-electron chi connectivity index (χ4n) is 3.73. The maximum Gasteiger partial charge on any atom is 0.180 e. The highest BCUT2D eigenvalue weighted by Crippen LogP contribution is 2.43. The van der Waals surface area contributed by atoms with Gasteiger partial charge in [-0.25, -0.2) is 10.3 Å². The molecule has 0 spiro atoms. The van der Waals surface area contributed by atoms with Crippen molar-refractivity contribution in [3.63, 3.8) is 0 Å². The normalized spacial score (nSPS) is 22.2. The number of ether oxygens (including phenoxy) is 1. The lowest BCUT2D eigenvalue weighted by Gasteiger charge is -2.28. The Morgan fingerprint density at radius 1 is 1.17 bits per heavy atom. The molecule has 4 heteroatoms. The van der Waals surface area contributed by atoms with Gasteiger partial charge in [-0.15, -0.1) is 0 Å². The van der Waals surface area contributed by atoms with Crippen molar-refractivity contribution < 1.29 is 4.74 Å². The van der Waals surface area contributed by atoms with Gasteiger partial charge >= 0.3 is 0 Å². The minimum absolute atomic E-state index is 0.103. The zero-order valence-corrected chi connectivity index (χ0v) is 14.0. The molecule has 0 amide bonds. The van der Waals surface area contributed by atoms with Crippen LogP contribution in [0.2, 0.25) is 0 Å². The lowest BCUT2D eigenvalue weighted by Crippen LogP contribution is -2.18. The van der Waals surface area contributed by atoms with Crippen LogP contribution in [0.5, 0.6) is 5.75 Å². The standard InChI is InChI=1S/C20H20N3O/c1-12-13(2)23-11-16(17-10-21-17)15-8-9-18(14-6-4-3-5-7-14)24-19(15)20(23)22-12/h3-7,11,17-18H,8-10H2,1-2H3. The van der Waals surface area contributed by atoms with Crippen molar-refractivity contribution in [1.29, 1.82) is 0 Å². The van der Waals surface area contributed by atoms with Crippen LogP contribution in [0, 0.1) is 13.8 Å². The Kier molecular flexibility index (Phi) is 2.98. The van der Waals surface area contributed by atoms with Crippen molar-refractivity contribution in [1.82, 2.24) is 14.7 Å². The Morgan fingerprint density at radius 2 is 1.96 bits per heavy atom. The monoisotopic (exact) mass is 318 g/mol. The highest BCUT2D eigenvalue weighted by atomic mass is 16.5. The second-order valence-corrected chi connectivity index (χ2v) is 6.81. The van der Waals surface area contributed by atoms with E-state index in [0.29, 0.717) is 6.04 Å². The first kappa shape index (κ1) is 14.1. The van der Waals surface area contributed by atoms with Crippen molar-refractivity contribution in [3.05, 3.63) is 64.6 Å². The molecule has 4 heterocycles. The SMILES string of the molecule is Cc1nc2c3c(c(C4C[N]4)cn2c1C)CCC(c1ccccc1)O3. The molecule has 0 N–H and O–H groups in total. The number of fused-ring (bicyclic) bond motifs is 3.